The molecule has 0 aliphatic rings. The van der Waals surface area contributed by atoms with Crippen LogP contribution in [0.25, 0.3) is 0 Å². The van der Waals surface area contributed by atoms with Crippen LogP contribution >= 0.6 is 11.6 Å². The number of nitrogens with zero attached hydrogens (tertiary/aromatic N) is 2. The fraction of sp³-hybridized carbons (Fsp3) is 0.286. The van der Waals surface area contributed by atoms with Gasteiger partial charge in [0.2, 0.25) is 5.78 Å². The van der Waals surface area contributed by atoms with Gasteiger partial charge in [-0.2, -0.15) is 5.10 Å². The molecule has 0 radical (unpaired) electrons. The van der Waals surface area contributed by atoms with Gasteiger partial charge in [0.1, 0.15) is 22.8 Å². The summed E-state index contributed by atoms with van der Waals surface area (Å²) in [7, 11) is 2.90. The van der Waals surface area contributed by atoms with Gasteiger partial charge in [-0.15, -0.1) is 0 Å². The van der Waals surface area contributed by atoms with E-state index in [1.165, 1.54) is 43.3 Å². The quantitative estimate of drug-likeness (QED) is 0.769. The number of hydrogen-bond acceptors (Lipinski definition) is 4. The fourth-order valence-electron chi connectivity index (χ4n) is 1.95. The van der Waals surface area contributed by atoms with Crippen molar-refractivity contribution < 1.29 is 18.7 Å². The van der Waals surface area contributed by atoms with Crippen molar-refractivity contribution in [2.45, 2.75) is 6.54 Å². The summed E-state index contributed by atoms with van der Waals surface area (Å²) in [6.07, 6.45) is 1.35. The molecule has 0 amide bonds. The fourth-order valence-corrected chi connectivity index (χ4v) is 2.18. The molecule has 5 nitrogen and oxygen atoms in total. The molecule has 0 aliphatic heterocycles. The molecule has 1 aromatic heterocycles. The van der Waals surface area contributed by atoms with E-state index in [0.717, 1.165) is 0 Å². The number of carbonyl (C=O) groups is 1. The van der Waals surface area contributed by atoms with Crippen molar-refractivity contribution in [3.05, 3.63) is 46.5 Å². The highest BCUT2D eigenvalue weighted by atomic mass is 35.5. The molecule has 0 fully saturated rings. The number of aromatic nitrogens is 2. The predicted molar refractivity (Wildman–Crippen MR) is 75.5 cm³/mol. The largest absolute Gasteiger partial charge is 0.496 e. The summed E-state index contributed by atoms with van der Waals surface area (Å²) in [6, 6.07) is 4.17. The van der Waals surface area contributed by atoms with E-state index >= 15 is 0 Å². The van der Waals surface area contributed by atoms with E-state index in [1.807, 2.05) is 0 Å². The normalized spacial score (nSPS) is 10.7. The summed E-state index contributed by atoms with van der Waals surface area (Å²) < 4.78 is 25.4. The lowest BCUT2D eigenvalue weighted by Gasteiger charge is -2.10. The average Bonchev–Trinajstić information content (AvgIpc) is 2.85. The van der Waals surface area contributed by atoms with E-state index in [-0.39, 0.29) is 22.0 Å². The molecule has 0 N–H and O–H groups in total. The lowest BCUT2D eigenvalue weighted by atomic mass is 10.1. The molecule has 0 unspecified atom stereocenters. The number of carbonyl (C=O) groups excluding carboxylic acids is 1. The third-order valence-electron chi connectivity index (χ3n) is 2.94. The minimum Gasteiger partial charge on any atom is -0.496 e. The summed E-state index contributed by atoms with van der Waals surface area (Å²) in [5, 5.41) is 4.16. The minimum absolute atomic E-state index is 0.108. The van der Waals surface area contributed by atoms with Crippen LogP contribution in [0.5, 0.6) is 5.75 Å². The van der Waals surface area contributed by atoms with Crippen LogP contribution in [0.15, 0.2) is 24.4 Å². The molecule has 1 heterocycles. The Hall–Kier alpha value is -1.92. The third kappa shape index (κ3) is 3.06. The van der Waals surface area contributed by atoms with Gasteiger partial charge >= 0.3 is 0 Å². The van der Waals surface area contributed by atoms with Crippen molar-refractivity contribution in [3.63, 3.8) is 0 Å². The first-order valence-electron chi connectivity index (χ1n) is 6.17. The van der Waals surface area contributed by atoms with Gasteiger partial charge in [-0.05, 0) is 12.1 Å². The van der Waals surface area contributed by atoms with Gasteiger partial charge in [0, 0.05) is 7.11 Å². The first-order valence-corrected chi connectivity index (χ1v) is 6.55. The SMILES string of the molecule is COCCn1ncc(Cl)c1C(=O)c1c(F)cccc1OC. The van der Waals surface area contributed by atoms with Crippen molar-refractivity contribution in [1.82, 2.24) is 9.78 Å². The second-order valence-corrected chi connectivity index (χ2v) is 4.61. The molecule has 21 heavy (non-hydrogen) atoms. The summed E-state index contributed by atoms with van der Waals surface area (Å²) in [6.45, 7) is 0.688. The molecule has 2 rings (SSSR count). The molecule has 2 aromatic rings. The summed E-state index contributed by atoms with van der Waals surface area (Å²) in [5.74, 6) is -1.10. The predicted octanol–water partition coefficient (Wildman–Crippen LogP) is 2.56. The van der Waals surface area contributed by atoms with Gasteiger partial charge in [-0.1, -0.05) is 17.7 Å². The van der Waals surface area contributed by atoms with Crippen LogP contribution in [0.2, 0.25) is 5.02 Å². The van der Waals surface area contributed by atoms with Crippen molar-refractivity contribution >= 4 is 17.4 Å². The molecule has 1 aromatic carbocycles. The van der Waals surface area contributed by atoms with Gasteiger partial charge in [0.15, 0.2) is 0 Å². The van der Waals surface area contributed by atoms with Gasteiger partial charge < -0.3 is 9.47 Å². The monoisotopic (exact) mass is 312 g/mol. The van der Waals surface area contributed by atoms with E-state index in [0.29, 0.717) is 13.2 Å². The number of ketones is 1. The second kappa shape index (κ2) is 6.69. The van der Waals surface area contributed by atoms with E-state index in [9.17, 15) is 9.18 Å². The average molecular weight is 313 g/mol. The Morgan fingerprint density at radius 3 is 2.86 bits per heavy atom. The Bertz CT molecular complexity index is 658. The van der Waals surface area contributed by atoms with Crippen LogP contribution in [-0.4, -0.2) is 36.4 Å². The van der Waals surface area contributed by atoms with Crippen molar-refractivity contribution in [1.29, 1.82) is 0 Å². The summed E-state index contributed by atoms with van der Waals surface area (Å²) in [4.78, 5) is 12.6. The minimum atomic E-state index is -0.671. The van der Waals surface area contributed by atoms with Gasteiger partial charge in [0.25, 0.3) is 0 Å². The zero-order valence-electron chi connectivity index (χ0n) is 11.6. The van der Waals surface area contributed by atoms with Crippen LogP contribution in [-0.2, 0) is 11.3 Å². The molecule has 0 saturated heterocycles. The lowest BCUT2D eigenvalue weighted by Crippen LogP contribution is -2.16. The van der Waals surface area contributed by atoms with Crippen LogP contribution < -0.4 is 4.74 Å². The van der Waals surface area contributed by atoms with Crippen LogP contribution in [0.3, 0.4) is 0 Å². The van der Waals surface area contributed by atoms with Gasteiger partial charge in [0.05, 0.1) is 31.5 Å². The summed E-state index contributed by atoms with van der Waals surface area (Å²) in [5.41, 5.74) is -0.0572. The molecule has 0 saturated carbocycles. The maximum Gasteiger partial charge on any atom is 0.219 e. The van der Waals surface area contributed by atoms with Crippen LogP contribution in [0.4, 0.5) is 4.39 Å². The van der Waals surface area contributed by atoms with E-state index in [1.54, 1.807) is 0 Å². The maximum atomic E-state index is 14.0. The first kappa shape index (κ1) is 15.5. The number of hydrogen-bond donors (Lipinski definition) is 0. The third-order valence-corrected chi connectivity index (χ3v) is 3.22. The van der Waals surface area contributed by atoms with Crippen LogP contribution in [0.1, 0.15) is 16.1 Å². The zero-order valence-corrected chi connectivity index (χ0v) is 12.4. The number of ether oxygens (including phenoxy) is 2. The molecular formula is C14H14ClFN2O3. The van der Waals surface area contributed by atoms with Crippen LogP contribution in [0, 0.1) is 5.82 Å². The molecule has 0 atom stereocenters. The smallest absolute Gasteiger partial charge is 0.219 e. The van der Waals surface area contributed by atoms with Crippen molar-refractivity contribution in [3.8, 4) is 5.75 Å². The second-order valence-electron chi connectivity index (χ2n) is 4.20. The highest BCUT2D eigenvalue weighted by Crippen LogP contribution is 2.27. The molecule has 0 spiro atoms. The van der Waals surface area contributed by atoms with Gasteiger partial charge in [-0.3, -0.25) is 9.48 Å². The Morgan fingerprint density at radius 2 is 2.19 bits per heavy atom. The molecule has 0 aliphatic carbocycles. The Balaban J connectivity index is 2.48. The number of benzene rings is 1. The Labute approximate surface area is 126 Å². The maximum absolute atomic E-state index is 14.0. The Morgan fingerprint density at radius 1 is 1.43 bits per heavy atom. The van der Waals surface area contributed by atoms with Crippen molar-refractivity contribution in [2.24, 2.45) is 0 Å². The highest BCUT2D eigenvalue weighted by molar-refractivity contribution is 6.34. The summed E-state index contributed by atoms with van der Waals surface area (Å²) >= 11 is 6.01. The van der Waals surface area contributed by atoms with Gasteiger partial charge in [-0.25, -0.2) is 4.39 Å². The standard InChI is InChI=1S/C14H14ClFN2O3/c1-20-7-6-18-13(9(15)8-17-18)14(19)12-10(16)4-3-5-11(12)21-2/h3-5,8H,6-7H2,1-2H3. The topological polar surface area (TPSA) is 53.4 Å². The van der Waals surface area contributed by atoms with Crippen molar-refractivity contribution in [2.75, 3.05) is 20.8 Å². The highest BCUT2D eigenvalue weighted by Gasteiger charge is 2.25. The lowest BCUT2D eigenvalue weighted by molar-refractivity contribution is 0.101. The molecule has 112 valence electrons. The van der Waals surface area contributed by atoms with E-state index < -0.39 is 11.6 Å². The number of halogens is 2. The first-order chi connectivity index (χ1) is 10.1. The van der Waals surface area contributed by atoms with E-state index in [2.05, 4.69) is 5.10 Å². The van der Waals surface area contributed by atoms with E-state index in [4.69, 9.17) is 21.1 Å². The molecule has 7 heteroatoms. The molecule has 0 bridgehead atoms. The number of rotatable bonds is 6. The Kier molecular flexibility index (Phi) is 4.93. The molecular weight excluding hydrogens is 299 g/mol. The number of methoxy groups -OCH3 is 2. The zero-order chi connectivity index (χ0) is 15.4.